The average molecular weight is 230 g/mol. The summed E-state index contributed by atoms with van der Waals surface area (Å²) in [5.74, 6) is 0.338. The lowest BCUT2D eigenvalue weighted by atomic mass is 10.0. The maximum Gasteiger partial charge on any atom is 0.210 e. The molecule has 0 amide bonds. The van der Waals surface area contributed by atoms with Crippen molar-refractivity contribution < 1.29 is 12.8 Å². The maximum absolute atomic E-state index is 12.8. The molecule has 0 heterocycles. The Morgan fingerprint density at radius 2 is 1.53 bits per heavy atom. The summed E-state index contributed by atoms with van der Waals surface area (Å²) in [4.78, 5) is 0.0434. The van der Waals surface area contributed by atoms with E-state index >= 15 is 0 Å². The first kappa shape index (κ1) is 12.2. The van der Waals surface area contributed by atoms with Crippen molar-refractivity contribution in [1.29, 1.82) is 0 Å². The van der Waals surface area contributed by atoms with Crippen LogP contribution in [0.3, 0.4) is 0 Å². The largest absolute Gasteiger partial charge is 0.230 e. The van der Waals surface area contributed by atoms with Gasteiger partial charge in [-0.05, 0) is 30.5 Å². The molecular weight excluding hydrogens is 215 g/mol. The van der Waals surface area contributed by atoms with Crippen LogP contribution in [-0.2, 0) is 9.84 Å². The number of sulfone groups is 1. The summed E-state index contributed by atoms with van der Waals surface area (Å²) in [5.41, 5.74) is -0.817. The minimum absolute atomic E-state index is 0.0434. The molecule has 1 unspecified atom stereocenters. The molecule has 0 fully saturated rings. The first-order valence-electron chi connectivity index (χ1n) is 4.83. The molecule has 0 N–H and O–H groups in total. The molecule has 1 aromatic carbocycles. The fourth-order valence-electron chi connectivity index (χ4n) is 1.23. The predicted octanol–water partition coefficient (Wildman–Crippen LogP) is 2.90. The van der Waals surface area contributed by atoms with Crippen LogP contribution in [0.5, 0.6) is 0 Å². The maximum atomic E-state index is 12.8. The minimum atomic E-state index is -3.79. The van der Waals surface area contributed by atoms with Gasteiger partial charge in [0.2, 0.25) is 15.3 Å². The zero-order valence-corrected chi connectivity index (χ0v) is 9.88. The summed E-state index contributed by atoms with van der Waals surface area (Å²) in [7, 11) is -3.79. The minimum Gasteiger partial charge on any atom is -0.230 e. The fourth-order valence-corrected chi connectivity index (χ4v) is 2.12. The molecular formula is C11H15FO2S. The van der Waals surface area contributed by atoms with Crippen LogP contribution in [-0.4, -0.2) is 13.9 Å². The third kappa shape index (κ3) is 2.56. The molecule has 0 aromatic heterocycles. The summed E-state index contributed by atoms with van der Waals surface area (Å²) < 4.78 is 35.7. The third-order valence-corrected chi connectivity index (χ3v) is 4.09. The number of hydrogen-bond donors (Lipinski definition) is 0. The molecule has 0 aliphatic rings. The molecule has 1 aromatic rings. The van der Waals surface area contributed by atoms with Crippen LogP contribution in [0.25, 0.3) is 0 Å². The van der Waals surface area contributed by atoms with Crippen LogP contribution < -0.4 is 0 Å². The van der Waals surface area contributed by atoms with E-state index in [0.717, 1.165) is 12.5 Å². The summed E-state index contributed by atoms with van der Waals surface area (Å²) in [6, 6.07) is 6.36. The van der Waals surface area contributed by atoms with Crippen molar-refractivity contribution in [3.63, 3.8) is 0 Å². The van der Waals surface area contributed by atoms with Gasteiger partial charge in [0, 0.05) is 0 Å². The Kier molecular flexibility index (Phi) is 3.50. The van der Waals surface area contributed by atoms with Gasteiger partial charge >= 0.3 is 0 Å². The van der Waals surface area contributed by atoms with Gasteiger partial charge in [0.05, 0.1) is 4.90 Å². The van der Waals surface area contributed by atoms with Crippen molar-refractivity contribution in [2.75, 3.05) is 0 Å². The third-order valence-electron chi connectivity index (χ3n) is 2.30. The Morgan fingerprint density at radius 3 is 1.87 bits per heavy atom. The number of benzene rings is 1. The second-order valence-corrected chi connectivity index (χ2v) is 6.02. The van der Waals surface area contributed by atoms with Gasteiger partial charge in [-0.2, -0.15) is 0 Å². The van der Waals surface area contributed by atoms with E-state index in [4.69, 9.17) is 0 Å². The van der Waals surface area contributed by atoms with E-state index in [1.54, 1.807) is 12.1 Å². The molecule has 1 rings (SSSR count). The Balaban J connectivity index is 3.10. The number of halogens is 1. The van der Waals surface area contributed by atoms with Crippen LogP contribution in [0.2, 0.25) is 0 Å². The zero-order valence-electron chi connectivity index (χ0n) is 9.07. The predicted molar refractivity (Wildman–Crippen MR) is 58.3 cm³/mol. The number of hydrogen-bond acceptors (Lipinski definition) is 2. The van der Waals surface area contributed by atoms with Crippen LogP contribution in [0.1, 0.15) is 32.3 Å². The molecule has 0 spiro atoms. The van der Waals surface area contributed by atoms with Gasteiger partial charge in [-0.3, -0.25) is 0 Å². The SMILES string of the molecule is CC(C)c1ccc(S(=O)(=O)C(C)F)cc1. The summed E-state index contributed by atoms with van der Waals surface area (Å²) in [5, 5.41) is 0. The van der Waals surface area contributed by atoms with Gasteiger partial charge in [0.15, 0.2) is 0 Å². The van der Waals surface area contributed by atoms with Gasteiger partial charge in [0.1, 0.15) is 0 Å². The Hall–Kier alpha value is -0.900. The van der Waals surface area contributed by atoms with Gasteiger partial charge in [-0.15, -0.1) is 0 Å². The summed E-state index contributed by atoms with van der Waals surface area (Å²) in [6.45, 7) is 5.06. The highest BCUT2D eigenvalue weighted by Crippen LogP contribution is 2.20. The van der Waals surface area contributed by atoms with Crippen molar-refractivity contribution in [2.45, 2.75) is 37.1 Å². The molecule has 0 radical (unpaired) electrons. The van der Waals surface area contributed by atoms with Gasteiger partial charge in [-0.25, -0.2) is 12.8 Å². The average Bonchev–Trinajstić information content (AvgIpc) is 2.17. The molecule has 0 aliphatic heterocycles. The van der Waals surface area contributed by atoms with Crippen LogP contribution >= 0.6 is 0 Å². The van der Waals surface area contributed by atoms with Crippen molar-refractivity contribution in [3.05, 3.63) is 29.8 Å². The zero-order chi connectivity index (χ0) is 11.6. The molecule has 0 saturated heterocycles. The Bertz CT molecular complexity index is 418. The fraction of sp³-hybridized carbons (Fsp3) is 0.455. The highest BCUT2D eigenvalue weighted by molar-refractivity contribution is 7.91. The highest BCUT2D eigenvalue weighted by Gasteiger charge is 2.22. The Labute approximate surface area is 90.0 Å². The smallest absolute Gasteiger partial charge is 0.210 e. The van der Waals surface area contributed by atoms with E-state index in [2.05, 4.69) is 0 Å². The number of rotatable bonds is 3. The van der Waals surface area contributed by atoms with E-state index in [1.165, 1.54) is 12.1 Å². The first-order chi connectivity index (χ1) is 6.85. The summed E-state index contributed by atoms with van der Waals surface area (Å²) in [6.07, 6.45) is 0. The van der Waals surface area contributed by atoms with Crippen molar-refractivity contribution >= 4 is 9.84 Å². The second kappa shape index (κ2) is 4.31. The lowest BCUT2D eigenvalue weighted by molar-refractivity contribution is 0.443. The van der Waals surface area contributed by atoms with Crippen LogP contribution in [0.15, 0.2) is 29.2 Å². The van der Waals surface area contributed by atoms with E-state index in [9.17, 15) is 12.8 Å². The van der Waals surface area contributed by atoms with E-state index < -0.39 is 15.3 Å². The number of alkyl halides is 1. The van der Waals surface area contributed by atoms with E-state index in [0.29, 0.717) is 5.92 Å². The molecule has 15 heavy (non-hydrogen) atoms. The standard InChI is InChI=1S/C11H15FO2S/c1-8(2)10-4-6-11(7-5-10)15(13,14)9(3)12/h4-9H,1-3H3. The quantitative estimate of drug-likeness (QED) is 0.800. The van der Waals surface area contributed by atoms with Gasteiger partial charge in [-0.1, -0.05) is 26.0 Å². The van der Waals surface area contributed by atoms with Crippen molar-refractivity contribution in [1.82, 2.24) is 0 Å². The lowest BCUT2D eigenvalue weighted by Gasteiger charge is -2.08. The highest BCUT2D eigenvalue weighted by atomic mass is 32.2. The van der Waals surface area contributed by atoms with Gasteiger partial charge in [0.25, 0.3) is 0 Å². The van der Waals surface area contributed by atoms with Crippen LogP contribution in [0.4, 0.5) is 4.39 Å². The van der Waals surface area contributed by atoms with E-state index in [1.807, 2.05) is 13.8 Å². The Morgan fingerprint density at radius 1 is 1.07 bits per heavy atom. The summed E-state index contributed by atoms with van der Waals surface area (Å²) >= 11 is 0. The molecule has 84 valence electrons. The van der Waals surface area contributed by atoms with E-state index in [-0.39, 0.29) is 4.90 Å². The molecule has 2 nitrogen and oxygen atoms in total. The molecule has 4 heteroatoms. The second-order valence-electron chi connectivity index (χ2n) is 3.81. The van der Waals surface area contributed by atoms with Crippen LogP contribution in [0, 0.1) is 0 Å². The molecule has 1 atom stereocenters. The van der Waals surface area contributed by atoms with Crippen molar-refractivity contribution in [2.24, 2.45) is 0 Å². The molecule has 0 aliphatic carbocycles. The molecule has 0 saturated carbocycles. The topological polar surface area (TPSA) is 34.1 Å². The first-order valence-corrected chi connectivity index (χ1v) is 6.38. The lowest BCUT2D eigenvalue weighted by Crippen LogP contribution is -2.12. The molecule has 0 bridgehead atoms. The van der Waals surface area contributed by atoms with Gasteiger partial charge < -0.3 is 0 Å². The monoisotopic (exact) mass is 230 g/mol. The normalized spacial score (nSPS) is 14.2. The van der Waals surface area contributed by atoms with Crippen molar-refractivity contribution in [3.8, 4) is 0 Å².